The molecular weight excluding hydrogens is 103 g/mol. The zero-order valence-corrected chi connectivity index (χ0v) is 4.09. The van der Waals surface area contributed by atoms with Crippen LogP contribution in [0.15, 0.2) is 0 Å². The zero-order chi connectivity index (χ0) is 5.15. The van der Waals surface area contributed by atoms with Crippen molar-refractivity contribution in [3.63, 3.8) is 0 Å². The average Bonchev–Trinajstić information content (AvgIpc) is 1.36. The molecule has 0 bridgehead atoms. The molecule has 5 N–H and O–H groups in total. The predicted octanol–water partition coefficient (Wildman–Crippen LogP) is -1.35. The summed E-state index contributed by atoms with van der Waals surface area (Å²) in [4.78, 5) is 7.93. The fraction of sp³-hybridized carbons (Fsp3) is 1.00. The minimum absolute atomic E-state index is 1.05. The van der Waals surface area contributed by atoms with Gasteiger partial charge in [0.1, 0.15) is 5.91 Å². The summed E-state index contributed by atoms with van der Waals surface area (Å²) in [6, 6.07) is 0. The summed E-state index contributed by atoms with van der Waals surface area (Å²) in [5, 5.41) is 0. The van der Waals surface area contributed by atoms with E-state index in [1.54, 1.807) is 0 Å². The molecule has 0 rings (SSSR count). The van der Waals surface area contributed by atoms with Crippen molar-refractivity contribution in [3.8, 4) is 0 Å². The first-order chi connectivity index (χ1) is 2.64. The predicted molar refractivity (Wildman–Crippen MR) is 23.4 cm³/mol. The molecule has 0 aliphatic rings. The molecule has 6 heavy (non-hydrogen) atoms. The van der Waals surface area contributed by atoms with Gasteiger partial charge in [-0.05, 0) is 0 Å². The Morgan fingerprint density at radius 3 is 1.83 bits per heavy atom. The Morgan fingerprint density at radius 2 is 1.83 bits per heavy atom. The van der Waals surface area contributed by atoms with Gasteiger partial charge in [0.05, 0.1) is 0 Å². The Bertz CT molecular complexity index is 62.6. The third-order valence-corrected chi connectivity index (χ3v) is 0.855. The van der Waals surface area contributed by atoms with Crippen LogP contribution >= 0.6 is 8.03 Å². The molecule has 0 heterocycles. The van der Waals surface area contributed by atoms with Crippen LogP contribution in [-0.4, -0.2) is 10.8 Å². The second-order valence-corrected chi connectivity index (χ2v) is 2.21. The van der Waals surface area contributed by atoms with Crippen LogP contribution in [0.5, 0.6) is 0 Å². The number of nitrogens with two attached hydrogens (primary N) is 2. The van der Waals surface area contributed by atoms with E-state index in [-0.39, 0.29) is 0 Å². The van der Waals surface area contributed by atoms with Gasteiger partial charge in [0.25, 0.3) is 0 Å². The van der Waals surface area contributed by atoms with Crippen molar-refractivity contribution in [2.24, 2.45) is 11.5 Å². The number of rotatable bonds is 1. The van der Waals surface area contributed by atoms with Gasteiger partial charge >= 0.3 is 0 Å². The Labute approximate surface area is 36.0 Å². The van der Waals surface area contributed by atoms with Gasteiger partial charge in [-0.3, -0.25) is 4.57 Å². The van der Waals surface area contributed by atoms with Gasteiger partial charge in [0.15, 0.2) is 0 Å². The standard InChI is InChI=1S/CH7N2O2P/c2-1(3)6(4)5/h1,6H,2-3H2,(H,4,5). The van der Waals surface area contributed by atoms with E-state index < -0.39 is 13.9 Å². The number of hydrogen-bond acceptors (Lipinski definition) is 3. The first kappa shape index (κ1) is 6.11. The highest BCUT2D eigenvalue weighted by Gasteiger charge is 1.95. The largest absolute Gasteiger partial charge is 0.344 e. The lowest BCUT2D eigenvalue weighted by molar-refractivity contribution is 0.491. The first-order valence-electron chi connectivity index (χ1n) is 1.38. The van der Waals surface area contributed by atoms with Crippen LogP contribution in [-0.2, 0) is 4.57 Å². The quantitative estimate of drug-likeness (QED) is 0.287. The Kier molecular flexibility index (Phi) is 2.35. The van der Waals surface area contributed by atoms with Crippen molar-refractivity contribution in [3.05, 3.63) is 0 Å². The van der Waals surface area contributed by atoms with Crippen molar-refractivity contribution < 1.29 is 9.46 Å². The summed E-state index contributed by atoms with van der Waals surface area (Å²) in [6.45, 7) is 0. The van der Waals surface area contributed by atoms with Gasteiger partial charge in [0.2, 0.25) is 8.03 Å². The third kappa shape index (κ3) is 2.35. The van der Waals surface area contributed by atoms with Gasteiger partial charge in [-0.2, -0.15) is 0 Å². The highest BCUT2D eigenvalue weighted by Crippen LogP contribution is 2.11. The molecule has 0 amide bonds. The molecule has 0 aromatic carbocycles. The molecule has 0 saturated carbocycles. The molecule has 0 aromatic heterocycles. The lowest BCUT2D eigenvalue weighted by Gasteiger charge is -1.93. The first-order valence-corrected chi connectivity index (χ1v) is 2.82. The lowest BCUT2D eigenvalue weighted by Crippen LogP contribution is -2.25. The summed E-state index contributed by atoms with van der Waals surface area (Å²) in [6.07, 6.45) is 0. The molecule has 0 fully saturated rings. The van der Waals surface area contributed by atoms with Gasteiger partial charge in [-0.25, -0.2) is 0 Å². The van der Waals surface area contributed by atoms with Crippen molar-refractivity contribution in [1.82, 2.24) is 0 Å². The average molecular weight is 110 g/mol. The van der Waals surface area contributed by atoms with Crippen LogP contribution in [0, 0.1) is 0 Å². The van der Waals surface area contributed by atoms with Crippen LogP contribution in [0.4, 0.5) is 0 Å². The van der Waals surface area contributed by atoms with E-state index in [2.05, 4.69) is 0 Å². The molecule has 1 unspecified atom stereocenters. The van der Waals surface area contributed by atoms with E-state index >= 15 is 0 Å². The van der Waals surface area contributed by atoms with Crippen molar-refractivity contribution in [2.75, 3.05) is 0 Å². The summed E-state index contributed by atoms with van der Waals surface area (Å²) < 4.78 is 9.63. The maximum atomic E-state index is 9.63. The maximum Gasteiger partial charge on any atom is 0.219 e. The Hall–Kier alpha value is 0.110. The molecule has 0 aliphatic heterocycles. The normalized spacial score (nSPS) is 15.3. The zero-order valence-electron chi connectivity index (χ0n) is 3.09. The van der Waals surface area contributed by atoms with Gasteiger partial charge in [-0.1, -0.05) is 0 Å². The lowest BCUT2D eigenvalue weighted by atomic mass is 11.2. The maximum absolute atomic E-state index is 9.63. The molecule has 0 radical (unpaired) electrons. The molecule has 1 atom stereocenters. The molecule has 0 aliphatic carbocycles. The summed E-state index contributed by atoms with van der Waals surface area (Å²) in [7, 11) is -2.65. The molecule has 0 saturated heterocycles. The van der Waals surface area contributed by atoms with Crippen LogP contribution < -0.4 is 11.5 Å². The van der Waals surface area contributed by atoms with E-state index in [0.29, 0.717) is 0 Å². The van der Waals surface area contributed by atoms with E-state index in [0.717, 1.165) is 0 Å². The van der Waals surface area contributed by atoms with Crippen LogP contribution in [0.1, 0.15) is 0 Å². The minimum atomic E-state index is -2.65. The molecule has 0 spiro atoms. The minimum Gasteiger partial charge on any atom is -0.344 e. The van der Waals surface area contributed by atoms with Crippen molar-refractivity contribution in [2.45, 2.75) is 5.91 Å². The molecule has 4 nitrogen and oxygen atoms in total. The highest BCUT2D eigenvalue weighted by molar-refractivity contribution is 7.38. The summed E-state index contributed by atoms with van der Waals surface area (Å²) >= 11 is 0. The Balaban J connectivity index is 3.26. The Morgan fingerprint density at radius 1 is 1.67 bits per heavy atom. The van der Waals surface area contributed by atoms with Crippen LogP contribution in [0.25, 0.3) is 0 Å². The fourth-order valence-electron chi connectivity index (χ4n) is 0. The van der Waals surface area contributed by atoms with E-state index in [4.69, 9.17) is 16.4 Å². The van der Waals surface area contributed by atoms with Crippen molar-refractivity contribution >= 4 is 8.03 Å². The smallest absolute Gasteiger partial charge is 0.219 e. The van der Waals surface area contributed by atoms with Gasteiger partial charge in [-0.15, -0.1) is 0 Å². The van der Waals surface area contributed by atoms with Crippen LogP contribution in [0.2, 0.25) is 0 Å². The molecule has 38 valence electrons. The summed E-state index contributed by atoms with van der Waals surface area (Å²) in [5.74, 6) is -1.05. The second-order valence-electron chi connectivity index (χ2n) is 0.864. The van der Waals surface area contributed by atoms with Gasteiger partial charge in [0, 0.05) is 0 Å². The topological polar surface area (TPSA) is 89.3 Å². The molecular formula is CH7N2O2P. The molecule has 5 heteroatoms. The summed E-state index contributed by atoms with van der Waals surface area (Å²) in [5.41, 5.74) is 9.39. The molecule has 0 aromatic rings. The van der Waals surface area contributed by atoms with E-state index in [1.807, 2.05) is 0 Å². The SMILES string of the molecule is NC(N)[PH](=O)O. The van der Waals surface area contributed by atoms with E-state index in [9.17, 15) is 4.57 Å². The highest BCUT2D eigenvalue weighted by atomic mass is 31.1. The fourth-order valence-corrected chi connectivity index (χ4v) is 0. The number of hydrogen-bond donors (Lipinski definition) is 3. The third-order valence-electron chi connectivity index (χ3n) is 0.285. The second kappa shape index (κ2) is 2.31. The van der Waals surface area contributed by atoms with Crippen molar-refractivity contribution in [1.29, 1.82) is 0 Å². The monoisotopic (exact) mass is 110 g/mol. The van der Waals surface area contributed by atoms with Gasteiger partial charge < -0.3 is 16.4 Å². The van der Waals surface area contributed by atoms with E-state index in [1.165, 1.54) is 0 Å². The van der Waals surface area contributed by atoms with Crippen LogP contribution in [0.3, 0.4) is 0 Å².